The number of aromatic amines is 1. The number of aromatic nitrogens is 7. The number of rotatable bonds is 11. The van der Waals surface area contributed by atoms with Crippen LogP contribution in [-0.4, -0.2) is 60.0 Å². The highest BCUT2D eigenvalue weighted by atomic mass is 16.5. The van der Waals surface area contributed by atoms with Crippen molar-refractivity contribution in [1.82, 2.24) is 35.2 Å². The van der Waals surface area contributed by atoms with Crippen LogP contribution in [0.4, 0.5) is 11.8 Å². The summed E-state index contributed by atoms with van der Waals surface area (Å²) in [6.07, 6.45) is 4.84. The first kappa shape index (κ1) is 24.4. The monoisotopic (exact) mass is 479 g/mol. The van der Waals surface area contributed by atoms with Gasteiger partial charge >= 0.3 is 0 Å². The number of tetrazole rings is 1. The van der Waals surface area contributed by atoms with E-state index in [1.165, 1.54) is 0 Å². The van der Waals surface area contributed by atoms with Gasteiger partial charge in [-0.05, 0) is 44.0 Å². The number of fused-ring (bicyclic) bond motifs is 1. The molecule has 0 aliphatic carbocycles. The van der Waals surface area contributed by atoms with E-state index in [2.05, 4.69) is 67.3 Å². The SMILES string of the molecule is CCCC[C@@H](CO)Nc1nc(N)nc2ccn(Cc3cc(C(C)(C)c4nn[nH]n4)ccc3OC)c12. The van der Waals surface area contributed by atoms with Gasteiger partial charge < -0.3 is 25.5 Å². The van der Waals surface area contributed by atoms with E-state index < -0.39 is 5.41 Å². The third-order valence-corrected chi connectivity index (χ3v) is 6.34. The van der Waals surface area contributed by atoms with Crippen molar-refractivity contribution in [3.8, 4) is 5.75 Å². The summed E-state index contributed by atoms with van der Waals surface area (Å²) in [6.45, 7) is 6.76. The van der Waals surface area contributed by atoms with Gasteiger partial charge in [-0.3, -0.25) is 0 Å². The second-order valence-electron chi connectivity index (χ2n) is 9.16. The van der Waals surface area contributed by atoms with Gasteiger partial charge in [-0.25, -0.2) is 4.98 Å². The molecule has 3 heterocycles. The highest BCUT2D eigenvalue weighted by molar-refractivity contribution is 5.87. The van der Waals surface area contributed by atoms with E-state index in [-0.39, 0.29) is 18.6 Å². The predicted molar refractivity (Wildman–Crippen MR) is 134 cm³/mol. The number of hydrogen-bond donors (Lipinski definition) is 4. The number of hydrogen-bond acceptors (Lipinski definition) is 9. The van der Waals surface area contributed by atoms with E-state index in [4.69, 9.17) is 10.5 Å². The summed E-state index contributed by atoms with van der Waals surface area (Å²) < 4.78 is 7.74. The molecule has 0 unspecified atom stereocenters. The fraction of sp³-hybridized carbons (Fsp3) is 0.458. The van der Waals surface area contributed by atoms with Gasteiger partial charge in [-0.15, -0.1) is 10.2 Å². The van der Waals surface area contributed by atoms with Crippen LogP contribution in [0.15, 0.2) is 30.5 Å². The number of aliphatic hydroxyl groups excluding tert-OH is 1. The lowest BCUT2D eigenvalue weighted by Gasteiger charge is -2.23. The average molecular weight is 480 g/mol. The van der Waals surface area contributed by atoms with Crippen LogP contribution in [0.25, 0.3) is 11.0 Å². The molecule has 11 nitrogen and oxygen atoms in total. The number of aliphatic hydroxyl groups is 1. The lowest BCUT2D eigenvalue weighted by Crippen LogP contribution is -2.25. The zero-order chi connectivity index (χ0) is 25.0. The number of ether oxygens (including phenoxy) is 1. The molecule has 5 N–H and O–H groups in total. The second-order valence-corrected chi connectivity index (χ2v) is 9.16. The molecule has 35 heavy (non-hydrogen) atoms. The van der Waals surface area contributed by atoms with E-state index in [0.717, 1.165) is 47.2 Å². The summed E-state index contributed by atoms with van der Waals surface area (Å²) in [7, 11) is 1.66. The molecule has 1 aromatic carbocycles. The minimum absolute atomic E-state index is 0.00709. The van der Waals surface area contributed by atoms with Gasteiger partial charge in [-0.1, -0.05) is 31.0 Å². The molecule has 3 aromatic heterocycles. The molecule has 0 aliphatic rings. The number of unbranched alkanes of at least 4 members (excludes halogenated alkanes) is 1. The van der Waals surface area contributed by atoms with Gasteiger partial charge in [0.2, 0.25) is 5.95 Å². The molecule has 0 saturated carbocycles. The molecule has 4 rings (SSSR count). The Labute approximate surface area is 204 Å². The number of anilines is 2. The molecular formula is C24H33N9O2. The van der Waals surface area contributed by atoms with Crippen LogP contribution >= 0.6 is 0 Å². The smallest absolute Gasteiger partial charge is 0.222 e. The first-order valence-electron chi connectivity index (χ1n) is 11.8. The lowest BCUT2D eigenvalue weighted by molar-refractivity contribution is 0.267. The minimum Gasteiger partial charge on any atom is -0.496 e. The summed E-state index contributed by atoms with van der Waals surface area (Å²) in [5, 5.41) is 27.9. The van der Waals surface area contributed by atoms with Crippen molar-refractivity contribution in [3.63, 3.8) is 0 Å². The van der Waals surface area contributed by atoms with Gasteiger partial charge in [0.1, 0.15) is 11.3 Å². The zero-order valence-corrected chi connectivity index (χ0v) is 20.6. The largest absolute Gasteiger partial charge is 0.496 e. The van der Waals surface area contributed by atoms with Crippen molar-refractivity contribution in [3.05, 3.63) is 47.4 Å². The number of methoxy groups -OCH3 is 1. The third kappa shape index (κ3) is 5.04. The maximum Gasteiger partial charge on any atom is 0.222 e. The average Bonchev–Trinajstić information content (AvgIpc) is 3.53. The molecule has 0 bridgehead atoms. The normalized spacial score (nSPS) is 12.7. The van der Waals surface area contributed by atoms with Gasteiger partial charge in [0.25, 0.3) is 0 Å². The summed E-state index contributed by atoms with van der Waals surface area (Å²) in [5.74, 6) is 2.17. The number of benzene rings is 1. The van der Waals surface area contributed by atoms with Crippen molar-refractivity contribution in [2.45, 2.75) is 58.0 Å². The highest BCUT2D eigenvalue weighted by Crippen LogP contribution is 2.33. The Morgan fingerprint density at radius 3 is 2.77 bits per heavy atom. The molecule has 11 heteroatoms. The Kier molecular flexibility index (Phi) is 7.15. The first-order valence-corrected chi connectivity index (χ1v) is 11.8. The fourth-order valence-electron chi connectivity index (χ4n) is 4.24. The molecule has 1 atom stereocenters. The first-order chi connectivity index (χ1) is 16.9. The van der Waals surface area contributed by atoms with Crippen molar-refractivity contribution >= 4 is 22.8 Å². The lowest BCUT2D eigenvalue weighted by atomic mass is 9.83. The Morgan fingerprint density at radius 1 is 1.26 bits per heavy atom. The molecule has 0 fully saturated rings. The molecule has 0 aliphatic heterocycles. The Bertz CT molecular complexity index is 1270. The molecule has 0 amide bonds. The van der Waals surface area contributed by atoms with Crippen molar-refractivity contribution in [2.24, 2.45) is 0 Å². The van der Waals surface area contributed by atoms with Crippen LogP contribution in [0.3, 0.4) is 0 Å². The Balaban J connectivity index is 1.73. The number of nitrogens with two attached hydrogens (primary N) is 1. The molecular weight excluding hydrogens is 446 g/mol. The number of nitrogens with one attached hydrogen (secondary N) is 2. The quantitative estimate of drug-likeness (QED) is 0.254. The Morgan fingerprint density at radius 2 is 2.09 bits per heavy atom. The van der Waals surface area contributed by atoms with Crippen molar-refractivity contribution < 1.29 is 9.84 Å². The van der Waals surface area contributed by atoms with E-state index in [1.807, 2.05) is 24.4 Å². The van der Waals surface area contributed by atoms with Crippen LogP contribution in [0.2, 0.25) is 0 Å². The highest BCUT2D eigenvalue weighted by Gasteiger charge is 2.29. The maximum atomic E-state index is 9.89. The van der Waals surface area contributed by atoms with Crippen LogP contribution in [0.1, 0.15) is 57.0 Å². The number of nitrogen functional groups attached to an aromatic ring is 1. The molecule has 0 spiro atoms. The summed E-state index contributed by atoms with van der Waals surface area (Å²) in [4.78, 5) is 8.88. The van der Waals surface area contributed by atoms with Gasteiger partial charge in [-0.2, -0.15) is 10.2 Å². The van der Waals surface area contributed by atoms with Crippen LogP contribution in [0.5, 0.6) is 5.75 Å². The van der Waals surface area contributed by atoms with Crippen LogP contribution in [-0.2, 0) is 12.0 Å². The van der Waals surface area contributed by atoms with Gasteiger partial charge in [0.05, 0.1) is 37.2 Å². The second kappa shape index (κ2) is 10.3. The van der Waals surface area contributed by atoms with Gasteiger partial charge in [0.15, 0.2) is 11.6 Å². The number of H-pyrrole nitrogens is 1. The Hall–Kier alpha value is -3.73. The summed E-state index contributed by atoms with van der Waals surface area (Å²) in [5.41, 5.74) is 9.10. The topological polar surface area (TPSA) is 153 Å². The summed E-state index contributed by atoms with van der Waals surface area (Å²) in [6, 6.07) is 7.87. The number of nitrogens with zero attached hydrogens (tertiary/aromatic N) is 6. The fourth-order valence-corrected chi connectivity index (χ4v) is 4.24. The molecule has 4 aromatic rings. The van der Waals surface area contributed by atoms with Crippen molar-refractivity contribution in [1.29, 1.82) is 0 Å². The molecule has 186 valence electrons. The third-order valence-electron chi connectivity index (χ3n) is 6.34. The minimum atomic E-state index is -0.454. The molecule has 0 saturated heterocycles. The van der Waals surface area contributed by atoms with Crippen molar-refractivity contribution in [2.75, 3.05) is 24.8 Å². The zero-order valence-electron chi connectivity index (χ0n) is 20.6. The van der Waals surface area contributed by atoms with E-state index >= 15 is 0 Å². The maximum absolute atomic E-state index is 9.89. The van der Waals surface area contributed by atoms with E-state index in [0.29, 0.717) is 18.2 Å². The summed E-state index contributed by atoms with van der Waals surface area (Å²) >= 11 is 0. The van der Waals surface area contributed by atoms with E-state index in [1.54, 1.807) is 7.11 Å². The van der Waals surface area contributed by atoms with E-state index in [9.17, 15) is 5.11 Å². The predicted octanol–water partition coefficient (Wildman–Crippen LogP) is 2.87. The van der Waals surface area contributed by atoms with Crippen LogP contribution < -0.4 is 15.8 Å². The standard InChI is InChI=1S/C24H33N9O2/c1-5-6-7-17(14-34)26-21-20-18(27-23(25)28-21)10-11-33(20)13-15-12-16(8-9-19(15)35-4)24(2,3)22-29-31-32-30-22/h8-12,17,34H,5-7,13-14H2,1-4H3,(H3,25,26,27,28)(H,29,30,31,32)/t17-/m0/s1. The van der Waals surface area contributed by atoms with Crippen LogP contribution in [0, 0.1) is 0 Å². The molecule has 0 radical (unpaired) electrons. The van der Waals surface area contributed by atoms with Gasteiger partial charge in [0, 0.05) is 11.8 Å².